The maximum absolute atomic E-state index is 5.71. The minimum Gasteiger partial charge on any atom is -0.492 e. The van der Waals surface area contributed by atoms with Crippen LogP contribution >= 0.6 is 0 Å². The van der Waals surface area contributed by atoms with E-state index in [1.165, 1.54) is 5.56 Å². The molecule has 0 aliphatic carbocycles. The standard InChI is InChI=1S/C16H23N3O/c1-14(2)11-18-12-15-3-5-16(6-4-15)20-10-9-19-8-7-17-13-19/h3-8,13-14,18H,9-12H2,1-2H3. The van der Waals surface area contributed by atoms with Crippen LogP contribution in [0.15, 0.2) is 43.0 Å². The fourth-order valence-corrected chi connectivity index (χ4v) is 1.90. The molecule has 0 aliphatic rings. The molecule has 20 heavy (non-hydrogen) atoms. The van der Waals surface area contributed by atoms with Gasteiger partial charge in [-0.15, -0.1) is 0 Å². The zero-order valence-electron chi connectivity index (χ0n) is 12.2. The Labute approximate surface area is 120 Å². The minimum absolute atomic E-state index is 0.654. The third-order valence-corrected chi connectivity index (χ3v) is 2.98. The third-order valence-electron chi connectivity index (χ3n) is 2.98. The van der Waals surface area contributed by atoms with E-state index in [1.807, 2.05) is 22.9 Å². The summed E-state index contributed by atoms with van der Waals surface area (Å²) in [7, 11) is 0. The van der Waals surface area contributed by atoms with E-state index in [9.17, 15) is 0 Å². The van der Waals surface area contributed by atoms with Crippen LogP contribution in [0, 0.1) is 5.92 Å². The molecule has 0 atom stereocenters. The summed E-state index contributed by atoms with van der Waals surface area (Å²) in [5.41, 5.74) is 1.28. The van der Waals surface area contributed by atoms with Gasteiger partial charge >= 0.3 is 0 Å². The van der Waals surface area contributed by atoms with Gasteiger partial charge in [0.1, 0.15) is 12.4 Å². The van der Waals surface area contributed by atoms with Crippen LogP contribution in [0.2, 0.25) is 0 Å². The SMILES string of the molecule is CC(C)CNCc1ccc(OCCn2ccnc2)cc1. The highest BCUT2D eigenvalue weighted by Crippen LogP contribution is 2.12. The lowest BCUT2D eigenvalue weighted by molar-refractivity contribution is 0.298. The molecule has 0 unspecified atom stereocenters. The number of benzene rings is 1. The topological polar surface area (TPSA) is 39.1 Å². The number of aromatic nitrogens is 2. The Bertz CT molecular complexity index is 477. The smallest absolute Gasteiger partial charge is 0.119 e. The van der Waals surface area contributed by atoms with Crippen molar-refractivity contribution in [2.24, 2.45) is 5.92 Å². The fraction of sp³-hybridized carbons (Fsp3) is 0.438. The Morgan fingerprint density at radius 1 is 1.25 bits per heavy atom. The van der Waals surface area contributed by atoms with Gasteiger partial charge in [0.15, 0.2) is 0 Å². The summed E-state index contributed by atoms with van der Waals surface area (Å²) in [4.78, 5) is 4.00. The van der Waals surface area contributed by atoms with Crippen molar-refractivity contribution in [3.05, 3.63) is 48.5 Å². The van der Waals surface area contributed by atoms with Gasteiger partial charge in [-0.1, -0.05) is 26.0 Å². The summed E-state index contributed by atoms with van der Waals surface area (Å²) in [5, 5.41) is 3.43. The molecule has 0 saturated carbocycles. The van der Waals surface area contributed by atoms with E-state index in [1.54, 1.807) is 12.5 Å². The van der Waals surface area contributed by atoms with E-state index in [2.05, 4.69) is 36.3 Å². The average Bonchev–Trinajstić information content (AvgIpc) is 2.93. The van der Waals surface area contributed by atoms with Crippen molar-refractivity contribution in [3.8, 4) is 5.75 Å². The van der Waals surface area contributed by atoms with Crippen molar-refractivity contribution >= 4 is 0 Å². The molecule has 1 aromatic carbocycles. The Hall–Kier alpha value is -1.81. The maximum Gasteiger partial charge on any atom is 0.119 e. The number of ether oxygens (including phenoxy) is 1. The zero-order chi connectivity index (χ0) is 14.2. The third kappa shape index (κ3) is 5.05. The van der Waals surface area contributed by atoms with Crippen molar-refractivity contribution in [1.29, 1.82) is 0 Å². The molecule has 4 heteroatoms. The summed E-state index contributed by atoms with van der Waals surface area (Å²) in [6.45, 7) is 7.85. The summed E-state index contributed by atoms with van der Waals surface area (Å²) in [5.74, 6) is 1.60. The zero-order valence-corrected chi connectivity index (χ0v) is 12.2. The average molecular weight is 273 g/mol. The molecule has 0 aliphatic heterocycles. The summed E-state index contributed by atoms with van der Waals surface area (Å²) >= 11 is 0. The first-order valence-electron chi connectivity index (χ1n) is 7.12. The van der Waals surface area contributed by atoms with Gasteiger partial charge in [0.05, 0.1) is 12.9 Å². The molecule has 1 aromatic heterocycles. The van der Waals surface area contributed by atoms with Crippen LogP contribution in [0.25, 0.3) is 0 Å². The van der Waals surface area contributed by atoms with Crippen LogP contribution in [0.3, 0.4) is 0 Å². The largest absolute Gasteiger partial charge is 0.492 e. The van der Waals surface area contributed by atoms with E-state index < -0.39 is 0 Å². The molecule has 2 aromatic rings. The van der Waals surface area contributed by atoms with Crippen LogP contribution < -0.4 is 10.1 Å². The first-order valence-corrected chi connectivity index (χ1v) is 7.12. The molecule has 0 spiro atoms. The Morgan fingerprint density at radius 2 is 2.05 bits per heavy atom. The molecule has 2 rings (SSSR count). The fourth-order valence-electron chi connectivity index (χ4n) is 1.90. The number of hydrogen-bond donors (Lipinski definition) is 1. The van der Waals surface area contributed by atoms with Gasteiger partial charge in [-0.05, 0) is 30.2 Å². The molecular formula is C16H23N3O. The predicted octanol–water partition coefficient (Wildman–Crippen LogP) is 2.71. The van der Waals surface area contributed by atoms with Crippen LogP contribution in [0.5, 0.6) is 5.75 Å². The van der Waals surface area contributed by atoms with Gasteiger partial charge in [-0.3, -0.25) is 0 Å². The highest BCUT2D eigenvalue weighted by Gasteiger charge is 1.98. The van der Waals surface area contributed by atoms with E-state index in [-0.39, 0.29) is 0 Å². The van der Waals surface area contributed by atoms with Crippen LogP contribution in [-0.4, -0.2) is 22.7 Å². The van der Waals surface area contributed by atoms with E-state index in [0.29, 0.717) is 12.5 Å². The number of imidazole rings is 1. The molecule has 0 bridgehead atoms. The van der Waals surface area contributed by atoms with Gasteiger partial charge in [-0.2, -0.15) is 0 Å². The van der Waals surface area contributed by atoms with E-state index >= 15 is 0 Å². The number of hydrogen-bond acceptors (Lipinski definition) is 3. The second-order valence-electron chi connectivity index (χ2n) is 5.32. The van der Waals surface area contributed by atoms with Gasteiger partial charge in [-0.25, -0.2) is 4.98 Å². The molecule has 0 radical (unpaired) electrons. The predicted molar refractivity (Wildman–Crippen MR) is 80.7 cm³/mol. The second kappa shape index (κ2) is 7.70. The molecule has 0 amide bonds. The lowest BCUT2D eigenvalue weighted by Crippen LogP contribution is -2.18. The van der Waals surface area contributed by atoms with Crippen LogP contribution in [0.1, 0.15) is 19.4 Å². The molecule has 1 N–H and O–H groups in total. The van der Waals surface area contributed by atoms with Gasteiger partial charge < -0.3 is 14.6 Å². The highest BCUT2D eigenvalue weighted by atomic mass is 16.5. The normalized spacial score (nSPS) is 10.9. The summed E-state index contributed by atoms with van der Waals surface area (Å²) in [6, 6.07) is 8.28. The Balaban J connectivity index is 1.71. The molecule has 108 valence electrons. The van der Waals surface area contributed by atoms with E-state index in [0.717, 1.165) is 25.4 Å². The lowest BCUT2D eigenvalue weighted by atomic mass is 10.2. The number of rotatable bonds is 8. The Morgan fingerprint density at radius 3 is 2.70 bits per heavy atom. The van der Waals surface area contributed by atoms with Gasteiger partial charge in [0, 0.05) is 18.9 Å². The highest BCUT2D eigenvalue weighted by molar-refractivity contribution is 5.27. The van der Waals surface area contributed by atoms with Crippen LogP contribution in [0.4, 0.5) is 0 Å². The van der Waals surface area contributed by atoms with Crippen molar-refractivity contribution in [1.82, 2.24) is 14.9 Å². The number of nitrogens with one attached hydrogen (secondary N) is 1. The minimum atomic E-state index is 0.654. The number of nitrogens with zero attached hydrogens (tertiary/aromatic N) is 2. The second-order valence-corrected chi connectivity index (χ2v) is 5.32. The van der Waals surface area contributed by atoms with Crippen molar-refractivity contribution in [2.75, 3.05) is 13.2 Å². The lowest BCUT2D eigenvalue weighted by Gasteiger charge is -2.09. The molecule has 0 fully saturated rings. The van der Waals surface area contributed by atoms with Crippen molar-refractivity contribution in [2.45, 2.75) is 26.9 Å². The van der Waals surface area contributed by atoms with Crippen molar-refractivity contribution < 1.29 is 4.74 Å². The molecular weight excluding hydrogens is 250 g/mol. The van der Waals surface area contributed by atoms with Gasteiger partial charge in [0.2, 0.25) is 0 Å². The van der Waals surface area contributed by atoms with Gasteiger partial charge in [0.25, 0.3) is 0 Å². The van der Waals surface area contributed by atoms with E-state index in [4.69, 9.17) is 4.74 Å². The molecule has 1 heterocycles. The maximum atomic E-state index is 5.71. The summed E-state index contributed by atoms with van der Waals surface area (Å²) in [6.07, 6.45) is 5.51. The molecule has 4 nitrogen and oxygen atoms in total. The molecule has 0 saturated heterocycles. The first-order chi connectivity index (χ1) is 9.74. The quantitative estimate of drug-likeness (QED) is 0.804. The summed E-state index contributed by atoms with van der Waals surface area (Å²) < 4.78 is 7.71. The Kier molecular flexibility index (Phi) is 5.62. The monoisotopic (exact) mass is 273 g/mol. The van der Waals surface area contributed by atoms with Crippen molar-refractivity contribution in [3.63, 3.8) is 0 Å². The first kappa shape index (κ1) is 14.6. The van der Waals surface area contributed by atoms with Crippen LogP contribution in [-0.2, 0) is 13.1 Å².